The summed E-state index contributed by atoms with van der Waals surface area (Å²) >= 11 is 0. The first-order valence-electron chi connectivity index (χ1n) is 3.05. The SMILES string of the molecule is CC(=O)C(N)CCCO. The predicted octanol–water partition coefficient (Wildman–Crippen LogP) is -0.325. The van der Waals surface area contributed by atoms with Crippen LogP contribution in [-0.4, -0.2) is 23.5 Å². The van der Waals surface area contributed by atoms with Crippen molar-refractivity contribution < 1.29 is 9.90 Å². The summed E-state index contributed by atoms with van der Waals surface area (Å²) in [6, 6.07) is -0.378. The molecule has 54 valence electrons. The summed E-state index contributed by atoms with van der Waals surface area (Å²) in [6.07, 6.45) is 1.20. The van der Waals surface area contributed by atoms with E-state index >= 15 is 0 Å². The monoisotopic (exact) mass is 131 g/mol. The molecule has 3 N–H and O–H groups in total. The molecule has 0 amide bonds. The van der Waals surface area contributed by atoms with Crippen molar-refractivity contribution >= 4 is 5.78 Å². The van der Waals surface area contributed by atoms with Gasteiger partial charge in [0.05, 0.1) is 6.04 Å². The molecule has 9 heavy (non-hydrogen) atoms. The molecule has 0 rings (SSSR count). The van der Waals surface area contributed by atoms with Crippen LogP contribution in [0.2, 0.25) is 0 Å². The number of carbonyl (C=O) groups is 1. The van der Waals surface area contributed by atoms with Gasteiger partial charge in [-0.1, -0.05) is 0 Å². The van der Waals surface area contributed by atoms with Gasteiger partial charge in [-0.25, -0.2) is 0 Å². The van der Waals surface area contributed by atoms with E-state index < -0.39 is 0 Å². The van der Waals surface area contributed by atoms with Crippen molar-refractivity contribution in [2.45, 2.75) is 25.8 Å². The Kier molecular flexibility index (Phi) is 4.26. The smallest absolute Gasteiger partial charge is 0.146 e. The van der Waals surface area contributed by atoms with Gasteiger partial charge in [0, 0.05) is 6.61 Å². The molecular formula is C6H13NO2. The minimum Gasteiger partial charge on any atom is -0.396 e. The van der Waals surface area contributed by atoms with Gasteiger partial charge < -0.3 is 10.8 Å². The molecule has 0 saturated heterocycles. The van der Waals surface area contributed by atoms with Gasteiger partial charge in [0.15, 0.2) is 0 Å². The second-order valence-electron chi connectivity index (χ2n) is 2.08. The number of carbonyl (C=O) groups excluding carboxylic acids is 1. The van der Waals surface area contributed by atoms with E-state index in [-0.39, 0.29) is 18.4 Å². The van der Waals surface area contributed by atoms with E-state index in [1.807, 2.05) is 0 Å². The third-order valence-corrected chi connectivity index (χ3v) is 1.20. The van der Waals surface area contributed by atoms with Crippen LogP contribution in [-0.2, 0) is 4.79 Å². The van der Waals surface area contributed by atoms with Crippen LogP contribution in [0.3, 0.4) is 0 Å². The number of aliphatic hydroxyl groups excluding tert-OH is 1. The molecule has 0 heterocycles. The van der Waals surface area contributed by atoms with Gasteiger partial charge in [-0.2, -0.15) is 0 Å². The van der Waals surface area contributed by atoms with E-state index in [0.29, 0.717) is 12.8 Å². The summed E-state index contributed by atoms with van der Waals surface area (Å²) in [5, 5.41) is 8.33. The molecule has 0 fully saturated rings. The van der Waals surface area contributed by atoms with E-state index in [2.05, 4.69) is 0 Å². The zero-order chi connectivity index (χ0) is 7.28. The van der Waals surface area contributed by atoms with Gasteiger partial charge in [0.1, 0.15) is 5.78 Å². The molecular weight excluding hydrogens is 118 g/mol. The highest BCUT2D eigenvalue weighted by Gasteiger charge is 2.05. The highest BCUT2D eigenvalue weighted by molar-refractivity contribution is 5.80. The van der Waals surface area contributed by atoms with Crippen LogP contribution in [0.15, 0.2) is 0 Å². The molecule has 0 aliphatic heterocycles. The maximum Gasteiger partial charge on any atom is 0.146 e. The van der Waals surface area contributed by atoms with Crippen LogP contribution >= 0.6 is 0 Å². The van der Waals surface area contributed by atoms with Crippen molar-refractivity contribution in [2.75, 3.05) is 6.61 Å². The molecule has 0 aliphatic carbocycles. The quantitative estimate of drug-likeness (QED) is 0.549. The topological polar surface area (TPSA) is 63.3 Å². The fraction of sp³-hybridized carbons (Fsp3) is 0.833. The predicted molar refractivity (Wildman–Crippen MR) is 35.0 cm³/mol. The molecule has 0 spiro atoms. The normalized spacial score (nSPS) is 13.2. The first kappa shape index (κ1) is 8.59. The summed E-state index contributed by atoms with van der Waals surface area (Å²) < 4.78 is 0. The fourth-order valence-electron chi connectivity index (χ4n) is 0.514. The lowest BCUT2D eigenvalue weighted by molar-refractivity contribution is -0.118. The second kappa shape index (κ2) is 4.47. The number of nitrogens with two attached hydrogens (primary N) is 1. The van der Waals surface area contributed by atoms with Crippen molar-refractivity contribution in [2.24, 2.45) is 5.73 Å². The number of rotatable bonds is 4. The van der Waals surface area contributed by atoms with Crippen LogP contribution in [0.4, 0.5) is 0 Å². The van der Waals surface area contributed by atoms with Crippen molar-refractivity contribution in [3.8, 4) is 0 Å². The number of hydrogen-bond donors (Lipinski definition) is 2. The summed E-state index contributed by atoms with van der Waals surface area (Å²) in [5.41, 5.74) is 5.34. The molecule has 0 aromatic rings. The second-order valence-corrected chi connectivity index (χ2v) is 2.08. The molecule has 0 radical (unpaired) electrons. The van der Waals surface area contributed by atoms with Crippen LogP contribution < -0.4 is 5.73 Å². The van der Waals surface area contributed by atoms with E-state index in [9.17, 15) is 4.79 Å². The van der Waals surface area contributed by atoms with Crippen molar-refractivity contribution in [1.29, 1.82) is 0 Å². The number of aliphatic hydroxyl groups is 1. The molecule has 3 nitrogen and oxygen atoms in total. The third-order valence-electron chi connectivity index (χ3n) is 1.20. The number of Topliss-reactive ketones (excluding diaryl/α,β-unsaturated/α-hetero) is 1. The lowest BCUT2D eigenvalue weighted by Crippen LogP contribution is -2.28. The Bertz CT molecular complexity index is 93.1. The van der Waals surface area contributed by atoms with Crippen molar-refractivity contribution in [1.82, 2.24) is 0 Å². The molecule has 0 aromatic carbocycles. The highest BCUT2D eigenvalue weighted by atomic mass is 16.2. The van der Waals surface area contributed by atoms with Gasteiger partial charge in [0.25, 0.3) is 0 Å². The van der Waals surface area contributed by atoms with Gasteiger partial charge >= 0.3 is 0 Å². The maximum absolute atomic E-state index is 10.4. The standard InChI is InChI=1S/C6H13NO2/c1-5(9)6(7)3-2-4-8/h6,8H,2-4,7H2,1H3. The molecule has 3 heteroatoms. The molecule has 0 bridgehead atoms. The summed E-state index contributed by atoms with van der Waals surface area (Å²) in [7, 11) is 0. The lowest BCUT2D eigenvalue weighted by Gasteiger charge is -2.03. The van der Waals surface area contributed by atoms with E-state index in [0.717, 1.165) is 0 Å². The van der Waals surface area contributed by atoms with Crippen LogP contribution in [0, 0.1) is 0 Å². The highest BCUT2D eigenvalue weighted by Crippen LogP contribution is 1.93. The lowest BCUT2D eigenvalue weighted by atomic mass is 10.1. The minimum absolute atomic E-state index is 0.0107. The summed E-state index contributed by atoms with van der Waals surface area (Å²) in [5.74, 6) is -0.0107. The van der Waals surface area contributed by atoms with Gasteiger partial charge in [-0.15, -0.1) is 0 Å². The average Bonchev–Trinajstić information content (AvgIpc) is 1.82. The van der Waals surface area contributed by atoms with E-state index in [1.54, 1.807) is 0 Å². The average molecular weight is 131 g/mol. The fourth-order valence-corrected chi connectivity index (χ4v) is 0.514. The van der Waals surface area contributed by atoms with Crippen molar-refractivity contribution in [3.63, 3.8) is 0 Å². The van der Waals surface area contributed by atoms with Gasteiger partial charge in [-0.05, 0) is 19.8 Å². The Morgan fingerprint density at radius 3 is 2.67 bits per heavy atom. The van der Waals surface area contributed by atoms with E-state index in [4.69, 9.17) is 10.8 Å². The molecule has 0 saturated carbocycles. The summed E-state index contributed by atoms with van der Waals surface area (Å²) in [6.45, 7) is 1.57. The van der Waals surface area contributed by atoms with Crippen molar-refractivity contribution in [3.05, 3.63) is 0 Å². The zero-order valence-electron chi connectivity index (χ0n) is 5.63. The van der Waals surface area contributed by atoms with Gasteiger partial charge in [-0.3, -0.25) is 4.79 Å². The molecule has 0 aromatic heterocycles. The largest absolute Gasteiger partial charge is 0.396 e. The first-order chi connectivity index (χ1) is 4.18. The zero-order valence-corrected chi connectivity index (χ0v) is 5.63. The molecule has 0 aliphatic rings. The Hall–Kier alpha value is -0.410. The Balaban J connectivity index is 3.27. The Labute approximate surface area is 54.9 Å². The van der Waals surface area contributed by atoms with Crippen LogP contribution in [0.25, 0.3) is 0 Å². The Morgan fingerprint density at radius 2 is 2.33 bits per heavy atom. The summed E-state index contributed by atoms with van der Waals surface area (Å²) in [4.78, 5) is 10.4. The Morgan fingerprint density at radius 1 is 1.78 bits per heavy atom. The minimum atomic E-state index is -0.378. The van der Waals surface area contributed by atoms with Crippen LogP contribution in [0.1, 0.15) is 19.8 Å². The van der Waals surface area contributed by atoms with Gasteiger partial charge in [0.2, 0.25) is 0 Å². The maximum atomic E-state index is 10.4. The third kappa shape index (κ3) is 4.12. The van der Waals surface area contributed by atoms with Crippen LogP contribution in [0.5, 0.6) is 0 Å². The first-order valence-corrected chi connectivity index (χ1v) is 3.05. The molecule has 1 atom stereocenters. The molecule has 1 unspecified atom stereocenters. The number of hydrogen-bond acceptors (Lipinski definition) is 3. The van der Waals surface area contributed by atoms with E-state index in [1.165, 1.54) is 6.92 Å². The number of ketones is 1.